The van der Waals surface area contributed by atoms with Crippen molar-refractivity contribution in [2.75, 3.05) is 25.1 Å². The van der Waals surface area contributed by atoms with Crippen LogP contribution in [0.2, 0.25) is 0 Å². The molecule has 2 N–H and O–H groups in total. The Labute approximate surface area is 196 Å². The zero-order valence-electron chi connectivity index (χ0n) is 18.5. The van der Waals surface area contributed by atoms with E-state index in [1.807, 2.05) is 6.07 Å². The van der Waals surface area contributed by atoms with Crippen LogP contribution in [0.15, 0.2) is 42.5 Å². The van der Waals surface area contributed by atoms with Crippen LogP contribution in [0.3, 0.4) is 0 Å². The molecule has 5 rings (SSSR count). The summed E-state index contributed by atoms with van der Waals surface area (Å²) in [7, 11) is 1.53. The van der Waals surface area contributed by atoms with E-state index in [0.717, 1.165) is 17.7 Å². The summed E-state index contributed by atoms with van der Waals surface area (Å²) in [6.45, 7) is 0.883. The minimum absolute atomic E-state index is 0.0945. The Bertz CT molecular complexity index is 1280. The standard InChI is InChI=1S/C25H22N4O5/c1-34-19-9-6-17-14-28(22(31)20(17)13-19)15-25(23(32)26-24(33)27-25)11-10-16-4-7-18(8-5-16)29-12-2-3-21(29)30/h4-9,13H,2-3,12,14-15H2,1H3,(H2,26,27,32,33)/t25-/m1/s1. The monoisotopic (exact) mass is 458 g/mol. The van der Waals surface area contributed by atoms with E-state index in [1.54, 1.807) is 41.3 Å². The number of anilines is 1. The van der Waals surface area contributed by atoms with Crippen LogP contribution in [0, 0.1) is 11.8 Å². The van der Waals surface area contributed by atoms with Gasteiger partial charge in [-0.25, -0.2) is 4.79 Å². The number of urea groups is 1. The molecule has 0 aliphatic carbocycles. The van der Waals surface area contributed by atoms with Crippen molar-refractivity contribution in [3.05, 3.63) is 59.2 Å². The number of imide groups is 1. The third-order valence-corrected chi connectivity index (χ3v) is 6.24. The number of benzene rings is 2. The molecular weight excluding hydrogens is 436 g/mol. The molecule has 0 spiro atoms. The first-order valence-electron chi connectivity index (χ1n) is 10.9. The van der Waals surface area contributed by atoms with Crippen molar-refractivity contribution < 1.29 is 23.9 Å². The Morgan fingerprint density at radius 2 is 1.88 bits per heavy atom. The third kappa shape index (κ3) is 3.73. The predicted octanol–water partition coefficient (Wildman–Crippen LogP) is 1.41. The highest BCUT2D eigenvalue weighted by Crippen LogP contribution is 2.28. The maximum atomic E-state index is 13.0. The zero-order valence-corrected chi connectivity index (χ0v) is 18.5. The summed E-state index contributed by atoms with van der Waals surface area (Å²) in [5, 5.41) is 4.83. The van der Waals surface area contributed by atoms with Crippen LogP contribution in [-0.2, 0) is 16.1 Å². The van der Waals surface area contributed by atoms with Crippen molar-refractivity contribution in [1.29, 1.82) is 0 Å². The number of methoxy groups -OCH3 is 1. The van der Waals surface area contributed by atoms with Gasteiger partial charge in [0.05, 0.1) is 13.7 Å². The van der Waals surface area contributed by atoms with Gasteiger partial charge >= 0.3 is 6.03 Å². The number of nitrogens with zero attached hydrogens (tertiary/aromatic N) is 2. The molecule has 2 saturated heterocycles. The third-order valence-electron chi connectivity index (χ3n) is 6.24. The minimum Gasteiger partial charge on any atom is -0.497 e. The van der Waals surface area contributed by atoms with Crippen LogP contribution < -0.4 is 20.3 Å². The summed E-state index contributed by atoms with van der Waals surface area (Å²) < 4.78 is 5.21. The molecule has 3 heterocycles. The Morgan fingerprint density at radius 3 is 2.53 bits per heavy atom. The molecule has 2 aromatic rings. The molecule has 172 valence electrons. The van der Waals surface area contributed by atoms with Gasteiger partial charge in [0.2, 0.25) is 11.4 Å². The van der Waals surface area contributed by atoms with Crippen LogP contribution in [-0.4, -0.2) is 54.4 Å². The van der Waals surface area contributed by atoms with Crippen LogP contribution in [0.25, 0.3) is 0 Å². The lowest BCUT2D eigenvalue weighted by Gasteiger charge is -2.26. The van der Waals surface area contributed by atoms with Crippen molar-refractivity contribution in [3.8, 4) is 17.6 Å². The normalized spacial score (nSPS) is 21.2. The summed E-state index contributed by atoms with van der Waals surface area (Å²) in [5.41, 5.74) is 1.14. The second-order valence-electron chi connectivity index (χ2n) is 8.44. The number of hydrogen-bond acceptors (Lipinski definition) is 5. The molecule has 2 fully saturated rings. The number of amides is 5. The SMILES string of the molecule is COc1ccc2c(c1)C(=O)N(C[C@@]1(C#Cc3ccc(N4CCCC4=O)cc3)NC(=O)NC1=O)C2. The Kier molecular flexibility index (Phi) is 5.21. The molecule has 0 bridgehead atoms. The largest absolute Gasteiger partial charge is 0.497 e. The number of carbonyl (C=O) groups is 4. The second-order valence-corrected chi connectivity index (χ2v) is 8.44. The predicted molar refractivity (Wildman–Crippen MR) is 122 cm³/mol. The van der Waals surface area contributed by atoms with E-state index in [2.05, 4.69) is 22.5 Å². The van der Waals surface area contributed by atoms with Gasteiger partial charge in [-0.2, -0.15) is 0 Å². The van der Waals surface area contributed by atoms with Crippen LogP contribution in [0.5, 0.6) is 5.75 Å². The van der Waals surface area contributed by atoms with Gasteiger partial charge in [0, 0.05) is 36.3 Å². The molecule has 5 amide bonds. The Morgan fingerprint density at radius 1 is 1.09 bits per heavy atom. The van der Waals surface area contributed by atoms with Crippen molar-refractivity contribution in [1.82, 2.24) is 15.5 Å². The number of hydrogen-bond donors (Lipinski definition) is 2. The summed E-state index contributed by atoms with van der Waals surface area (Å²) in [4.78, 5) is 52.9. The van der Waals surface area contributed by atoms with E-state index in [0.29, 0.717) is 36.4 Å². The molecule has 9 heteroatoms. The van der Waals surface area contributed by atoms with Gasteiger partial charge < -0.3 is 19.9 Å². The lowest BCUT2D eigenvalue weighted by molar-refractivity contribution is -0.122. The van der Waals surface area contributed by atoms with Gasteiger partial charge in [-0.05, 0) is 48.4 Å². The molecule has 2 aromatic carbocycles. The minimum atomic E-state index is -1.58. The quantitative estimate of drug-likeness (QED) is 0.532. The molecule has 0 aromatic heterocycles. The topological polar surface area (TPSA) is 108 Å². The molecule has 1 atom stereocenters. The fraction of sp³-hybridized carbons (Fsp3) is 0.280. The van der Waals surface area contributed by atoms with Gasteiger partial charge in [0.1, 0.15) is 5.75 Å². The van der Waals surface area contributed by atoms with E-state index in [1.165, 1.54) is 12.0 Å². The molecule has 0 saturated carbocycles. The number of fused-ring (bicyclic) bond motifs is 1. The number of ether oxygens (including phenoxy) is 1. The molecule has 34 heavy (non-hydrogen) atoms. The summed E-state index contributed by atoms with van der Waals surface area (Å²) in [5.74, 6) is 5.63. The summed E-state index contributed by atoms with van der Waals surface area (Å²) in [6.07, 6.45) is 1.38. The summed E-state index contributed by atoms with van der Waals surface area (Å²) in [6, 6.07) is 11.7. The maximum absolute atomic E-state index is 13.0. The molecule has 0 unspecified atom stereocenters. The van der Waals surface area contributed by atoms with Crippen molar-refractivity contribution in [2.24, 2.45) is 0 Å². The fourth-order valence-electron chi connectivity index (χ4n) is 4.44. The lowest BCUT2D eigenvalue weighted by atomic mass is 9.99. The molecule has 3 aliphatic rings. The van der Waals surface area contributed by atoms with Crippen molar-refractivity contribution in [2.45, 2.75) is 24.9 Å². The number of rotatable bonds is 4. The average molecular weight is 458 g/mol. The molecule has 3 aliphatic heterocycles. The van der Waals surface area contributed by atoms with E-state index in [-0.39, 0.29) is 18.4 Å². The highest BCUT2D eigenvalue weighted by Gasteiger charge is 2.48. The van der Waals surface area contributed by atoms with Crippen LogP contribution in [0.4, 0.5) is 10.5 Å². The first kappa shape index (κ1) is 21.5. The van der Waals surface area contributed by atoms with Gasteiger partial charge in [-0.3, -0.25) is 19.7 Å². The number of nitrogens with one attached hydrogen (secondary N) is 2. The maximum Gasteiger partial charge on any atom is 0.323 e. The van der Waals surface area contributed by atoms with E-state index in [4.69, 9.17) is 4.74 Å². The van der Waals surface area contributed by atoms with Gasteiger partial charge in [-0.15, -0.1) is 0 Å². The zero-order chi connectivity index (χ0) is 23.9. The van der Waals surface area contributed by atoms with Crippen LogP contribution >= 0.6 is 0 Å². The highest BCUT2D eigenvalue weighted by molar-refractivity contribution is 6.10. The van der Waals surface area contributed by atoms with Crippen molar-refractivity contribution >= 4 is 29.4 Å². The first-order chi connectivity index (χ1) is 16.4. The van der Waals surface area contributed by atoms with Crippen LogP contribution in [0.1, 0.15) is 34.3 Å². The lowest BCUT2D eigenvalue weighted by Crippen LogP contribution is -2.54. The van der Waals surface area contributed by atoms with E-state index in [9.17, 15) is 19.2 Å². The van der Waals surface area contributed by atoms with Gasteiger partial charge in [0.25, 0.3) is 11.8 Å². The molecule has 9 nitrogen and oxygen atoms in total. The van der Waals surface area contributed by atoms with E-state index < -0.39 is 17.5 Å². The Balaban J connectivity index is 1.39. The average Bonchev–Trinajstić information content (AvgIpc) is 3.48. The summed E-state index contributed by atoms with van der Waals surface area (Å²) >= 11 is 0. The first-order valence-corrected chi connectivity index (χ1v) is 10.9. The number of carbonyl (C=O) groups excluding carboxylic acids is 4. The van der Waals surface area contributed by atoms with E-state index >= 15 is 0 Å². The Hall–Kier alpha value is -4.32. The van der Waals surface area contributed by atoms with Gasteiger partial charge in [-0.1, -0.05) is 17.9 Å². The smallest absolute Gasteiger partial charge is 0.323 e. The van der Waals surface area contributed by atoms with Gasteiger partial charge in [0.15, 0.2) is 0 Å². The second kappa shape index (κ2) is 8.23. The molecular formula is C25H22N4O5. The highest BCUT2D eigenvalue weighted by atomic mass is 16.5. The fourth-order valence-corrected chi connectivity index (χ4v) is 4.44. The molecule has 0 radical (unpaired) electrons. The van der Waals surface area contributed by atoms with Crippen molar-refractivity contribution in [3.63, 3.8) is 0 Å².